The maximum atomic E-state index is 13.4. The number of carbonyl (C=O) groups is 1. The van der Waals surface area contributed by atoms with Gasteiger partial charge in [-0.1, -0.05) is 19.4 Å². The first-order valence-electron chi connectivity index (χ1n) is 11.0. The van der Waals surface area contributed by atoms with Crippen LogP contribution >= 0.6 is 0 Å². The summed E-state index contributed by atoms with van der Waals surface area (Å²) >= 11 is 0. The zero-order valence-electron chi connectivity index (χ0n) is 18.1. The van der Waals surface area contributed by atoms with Crippen LogP contribution in [0, 0.1) is 0 Å². The third kappa shape index (κ3) is 3.09. The molecule has 2 aliphatic heterocycles. The predicted molar refractivity (Wildman–Crippen MR) is 121 cm³/mol. The lowest BCUT2D eigenvalue weighted by molar-refractivity contribution is 0.0781. The van der Waals surface area contributed by atoms with Crippen LogP contribution in [0.4, 0.5) is 5.69 Å². The first-order chi connectivity index (χ1) is 15.2. The molecule has 1 spiro atoms. The maximum Gasteiger partial charge on any atom is 0.254 e. The molecular weight excluding hydrogens is 388 g/mol. The lowest BCUT2D eigenvalue weighted by Gasteiger charge is -2.47. The Kier molecular flexibility index (Phi) is 4.93. The van der Waals surface area contributed by atoms with Crippen LogP contribution in [0.1, 0.15) is 42.2 Å². The molecule has 160 valence electrons. The maximum absolute atomic E-state index is 13.4. The molecule has 0 saturated carbocycles. The molecule has 31 heavy (non-hydrogen) atoms. The Morgan fingerprint density at radius 2 is 2.10 bits per heavy atom. The zero-order valence-corrected chi connectivity index (χ0v) is 18.1. The molecule has 1 atom stereocenters. The fraction of sp³-hybridized carbons (Fsp3) is 0.360. The number of ether oxygens (including phenoxy) is 1. The molecule has 1 amide bonds. The third-order valence-corrected chi connectivity index (χ3v) is 6.61. The monoisotopic (exact) mass is 416 g/mol. The van der Waals surface area contributed by atoms with Crippen LogP contribution in [0.2, 0.25) is 0 Å². The zero-order chi connectivity index (χ0) is 21.4. The summed E-state index contributed by atoms with van der Waals surface area (Å²) < 4.78 is 7.53. The Balaban J connectivity index is 1.54. The molecule has 5 rings (SSSR count). The van der Waals surface area contributed by atoms with Crippen LogP contribution in [0.3, 0.4) is 0 Å². The van der Waals surface area contributed by atoms with E-state index >= 15 is 0 Å². The van der Waals surface area contributed by atoms with Gasteiger partial charge in [0.2, 0.25) is 0 Å². The number of carbonyl (C=O) groups excluding carboxylic acids is 1. The van der Waals surface area contributed by atoms with E-state index in [4.69, 9.17) is 9.72 Å². The number of fused-ring (bicyclic) bond motifs is 4. The molecule has 2 aromatic heterocycles. The van der Waals surface area contributed by atoms with E-state index in [1.165, 1.54) is 5.69 Å². The molecule has 2 aliphatic rings. The normalized spacial score (nSPS) is 19.4. The molecule has 0 N–H and O–H groups in total. The number of amides is 1. The highest BCUT2D eigenvalue weighted by atomic mass is 16.5. The molecule has 0 aliphatic carbocycles. The Labute approximate surface area is 183 Å². The van der Waals surface area contributed by atoms with Crippen LogP contribution in [-0.4, -0.2) is 47.1 Å². The van der Waals surface area contributed by atoms with E-state index < -0.39 is 0 Å². The average Bonchev–Trinajstić information content (AvgIpc) is 3.48. The van der Waals surface area contributed by atoms with E-state index in [0.717, 1.165) is 43.9 Å². The Morgan fingerprint density at radius 3 is 2.94 bits per heavy atom. The Morgan fingerprint density at radius 1 is 1.19 bits per heavy atom. The molecule has 6 heteroatoms. The summed E-state index contributed by atoms with van der Waals surface area (Å²) in [6.07, 6.45) is 7.06. The third-order valence-electron chi connectivity index (χ3n) is 6.61. The van der Waals surface area contributed by atoms with Crippen molar-refractivity contribution in [2.75, 3.05) is 31.6 Å². The van der Waals surface area contributed by atoms with Crippen molar-refractivity contribution in [1.82, 2.24) is 14.5 Å². The lowest BCUT2D eigenvalue weighted by Crippen LogP contribution is -2.53. The minimum atomic E-state index is -0.247. The second-order valence-corrected chi connectivity index (χ2v) is 8.36. The van der Waals surface area contributed by atoms with Gasteiger partial charge in [0.25, 0.3) is 5.91 Å². The number of rotatable bonds is 5. The van der Waals surface area contributed by atoms with Gasteiger partial charge in [-0.05, 0) is 55.3 Å². The summed E-state index contributed by atoms with van der Waals surface area (Å²) in [6.45, 7) is 4.54. The van der Waals surface area contributed by atoms with Gasteiger partial charge >= 0.3 is 0 Å². The standard InChI is InChI=1S/C25H28N4O2/c1-3-4-15-29-21-10-6-13-26-23(21)28-14-7-11-22(28)25(29)12-16-27(18-25)24(30)19-8-5-9-20(17-19)31-2/h5-11,13-14,17H,3-4,12,15-16,18H2,1-2H3/t25-/m1/s1. The molecule has 4 heterocycles. The van der Waals surface area contributed by atoms with Crippen LogP contribution in [0.25, 0.3) is 5.82 Å². The number of likely N-dealkylation sites (tertiary alicyclic amines) is 1. The number of nitrogens with zero attached hydrogens (tertiary/aromatic N) is 4. The summed E-state index contributed by atoms with van der Waals surface area (Å²) in [7, 11) is 1.63. The van der Waals surface area contributed by atoms with Gasteiger partial charge in [-0.25, -0.2) is 4.98 Å². The van der Waals surface area contributed by atoms with Crippen molar-refractivity contribution >= 4 is 11.6 Å². The molecule has 0 radical (unpaired) electrons. The second-order valence-electron chi connectivity index (χ2n) is 8.36. The minimum Gasteiger partial charge on any atom is -0.497 e. The fourth-order valence-corrected chi connectivity index (χ4v) is 5.08. The molecule has 3 aromatic rings. The summed E-state index contributed by atoms with van der Waals surface area (Å²) in [5.74, 6) is 1.74. The summed E-state index contributed by atoms with van der Waals surface area (Å²) in [5, 5.41) is 0. The average molecular weight is 417 g/mol. The SMILES string of the molecule is CCCCN1c2cccnc2-n2cccc2[C@]12CCN(C(=O)c1cccc(OC)c1)C2. The Hall–Kier alpha value is -3.28. The van der Waals surface area contributed by atoms with E-state index in [0.29, 0.717) is 17.9 Å². The molecule has 1 saturated heterocycles. The lowest BCUT2D eigenvalue weighted by atomic mass is 9.88. The second kappa shape index (κ2) is 7.76. The molecule has 6 nitrogen and oxygen atoms in total. The largest absolute Gasteiger partial charge is 0.497 e. The Bertz CT molecular complexity index is 1110. The van der Waals surface area contributed by atoms with Gasteiger partial charge in [0.1, 0.15) is 11.3 Å². The van der Waals surface area contributed by atoms with Gasteiger partial charge in [-0.15, -0.1) is 0 Å². The topological polar surface area (TPSA) is 50.6 Å². The number of anilines is 1. The highest BCUT2D eigenvalue weighted by Crippen LogP contribution is 2.47. The molecule has 0 unspecified atom stereocenters. The summed E-state index contributed by atoms with van der Waals surface area (Å²) in [4.78, 5) is 22.6. The molecule has 1 aromatic carbocycles. The van der Waals surface area contributed by atoms with E-state index in [1.54, 1.807) is 7.11 Å². The van der Waals surface area contributed by atoms with Crippen LogP contribution in [0.15, 0.2) is 60.9 Å². The number of unbranched alkanes of at least 4 members (excludes halogenated alkanes) is 1. The first-order valence-corrected chi connectivity index (χ1v) is 11.0. The van der Waals surface area contributed by atoms with Gasteiger partial charge in [-0.2, -0.15) is 0 Å². The number of benzene rings is 1. The van der Waals surface area contributed by atoms with Crippen LogP contribution < -0.4 is 9.64 Å². The first kappa shape index (κ1) is 19.7. The van der Waals surface area contributed by atoms with Crippen molar-refractivity contribution in [1.29, 1.82) is 0 Å². The van der Waals surface area contributed by atoms with Crippen LogP contribution in [0.5, 0.6) is 5.75 Å². The summed E-state index contributed by atoms with van der Waals surface area (Å²) in [6, 6.07) is 15.9. The van der Waals surface area contributed by atoms with Crippen molar-refractivity contribution in [3.63, 3.8) is 0 Å². The molecule has 1 fully saturated rings. The number of methoxy groups -OCH3 is 1. The van der Waals surface area contributed by atoms with Gasteiger partial charge in [0.15, 0.2) is 5.82 Å². The van der Waals surface area contributed by atoms with Gasteiger partial charge in [-0.3, -0.25) is 4.79 Å². The van der Waals surface area contributed by atoms with E-state index in [2.05, 4.69) is 40.8 Å². The van der Waals surface area contributed by atoms with E-state index in [9.17, 15) is 4.79 Å². The van der Waals surface area contributed by atoms with Crippen molar-refractivity contribution < 1.29 is 9.53 Å². The smallest absolute Gasteiger partial charge is 0.254 e. The van der Waals surface area contributed by atoms with Crippen molar-refractivity contribution in [3.05, 3.63) is 72.2 Å². The van der Waals surface area contributed by atoms with Crippen LogP contribution in [-0.2, 0) is 5.54 Å². The van der Waals surface area contributed by atoms with Crippen molar-refractivity contribution in [2.45, 2.75) is 31.7 Å². The highest BCUT2D eigenvalue weighted by Gasteiger charge is 2.50. The van der Waals surface area contributed by atoms with Gasteiger partial charge in [0, 0.05) is 37.6 Å². The quantitative estimate of drug-likeness (QED) is 0.624. The number of aromatic nitrogens is 2. The van der Waals surface area contributed by atoms with E-state index in [-0.39, 0.29) is 11.4 Å². The molecule has 0 bridgehead atoms. The number of hydrogen-bond donors (Lipinski definition) is 0. The molecular formula is C25H28N4O2. The van der Waals surface area contributed by atoms with Crippen molar-refractivity contribution in [3.8, 4) is 11.6 Å². The van der Waals surface area contributed by atoms with Crippen molar-refractivity contribution in [2.24, 2.45) is 0 Å². The number of hydrogen-bond acceptors (Lipinski definition) is 4. The van der Waals surface area contributed by atoms with Gasteiger partial charge < -0.3 is 19.1 Å². The van der Waals surface area contributed by atoms with E-state index in [1.807, 2.05) is 41.4 Å². The summed E-state index contributed by atoms with van der Waals surface area (Å²) in [5.41, 5.74) is 2.79. The highest BCUT2D eigenvalue weighted by molar-refractivity contribution is 5.95. The minimum absolute atomic E-state index is 0.0568. The number of pyridine rings is 1. The fourth-order valence-electron chi connectivity index (χ4n) is 5.08. The predicted octanol–water partition coefficient (Wildman–Crippen LogP) is 4.24. The van der Waals surface area contributed by atoms with Gasteiger partial charge in [0.05, 0.1) is 18.5 Å².